The van der Waals surface area contributed by atoms with E-state index in [0.717, 1.165) is 0 Å². The molecule has 0 aromatic carbocycles. The highest BCUT2D eigenvalue weighted by Gasteiger charge is 2.37. The van der Waals surface area contributed by atoms with E-state index in [1.54, 1.807) is 31.2 Å². The standard InChI is InChI=1S/C19H29N3O4SSi/c1-13-14(17(23)24)10-16(22(12-25-5)18-20-8-9-27-18)21-15(13)11-26-28(6,7)19(2,3)4/h8-10H,11-12H2,1-7H3,(H,23,24). The van der Waals surface area contributed by atoms with Crippen LogP contribution in [0, 0.1) is 6.92 Å². The summed E-state index contributed by atoms with van der Waals surface area (Å²) in [6.45, 7) is 13.1. The number of thiazole rings is 1. The Bertz CT molecular complexity index is 819. The molecule has 1 N–H and O–H groups in total. The number of pyridine rings is 1. The monoisotopic (exact) mass is 423 g/mol. The number of aromatic carboxylic acids is 1. The average Bonchev–Trinajstić information content (AvgIpc) is 3.12. The third-order valence-electron chi connectivity index (χ3n) is 5.15. The van der Waals surface area contributed by atoms with Gasteiger partial charge in [0.2, 0.25) is 0 Å². The van der Waals surface area contributed by atoms with E-state index in [9.17, 15) is 9.90 Å². The summed E-state index contributed by atoms with van der Waals surface area (Å²) in [5.74, 6) is -0.514. The van der Waals surface area contributed by atoms with Crippen LogP contribution < -0.4 is 4.90 Å². The van der Waals surface area contributed by atoms with E-state index in [1.807, 2.05) is 5.38 Å². The first-order valence-electron chi connectivity index (χ1n) is 9.01. The number of ether oxygens (including phenoxy) is 1. The fourth-order valence-corrected chi connectivity index (χ4v) is 3.88. The highest BCUT2D eigenvalue weighted by molar-refractivity contribution is 7.13. The van der Waals surface area contributed by atoms with Crippen LogP contribution in [0.1, 0.15) is 42.4 Å². The smallest absolute Gasteiger partial charge is 0.336 e. The van der Waals surface area contributed by atoms with Crippen molar-refractivity contribution in [3.63, 3.8) is 0 Å². The Kier molecular flexibility index (Phi) is 6.97. The Hall–Kier alpha value is -1.81. The number of rotatable bonds is 8. The number of carbonyl (C=O) groups is 1. The van der Waals surface area contributed by atoms with Crippen molar-refractivity contribution in [3.8, 4) is 0 Å². The topological polar surface area (TPSA) is 84.8 Å². The molecule has 154 valence electrons. The maximum atomic E-state index is 11.8. The molecule has 0 amide bonds. The molecule has 2 aromatic heterocycles. The van der Waals surface area contributed by atoms with Gasteiger partial charge in [0.05, 0.1) is 17.9 Å². The molecule has 9 heteroatoms. The predicted molar refractivity (Wildman–Crippen MR) is 114 cm³/mol. The number of nitrogens with zero attached hydrogens (tertiary/aromatic N) is 3. The number of anilines is 2. The molecule has 0 radical (unpaired) electrons. The molecular formula is C19H29N3O4SSi. The van der Waals surface area contributed by atoms with Gasteiger partial charge in [0.1, 0.15) is 12.5 Å². The van der Waals surface area contributed by atoms with Gasteiger partial charge in [0.25, 0.3) is 0 Å². The van der Waals surface area contributed by atoms with Crippen LogP contribution in [0.25, 0.3) is 0 Å². The highest BCUT2D eigenvalue weighted by Crippen LogP contribution is 2.37. The quantitative estimate of drug-likeness (QED) is 0.482. The molecule has 28 heavy (non-hydrogen) atoms. The van der Waals surface area contributed by atoms with Gasteiger partial charge in [-0.3, -0.25) is 4.90 Å². The van der Waals surface area contributed by atoms with Crippen molar-refractivity contribution < 1.29 is 19.1 Å². The van der Waals surface area contributed by atoms with Crippen molar-refractivity contribution in [2.45, 2.75) is 52.4 Å². The van der Waals surface area contributed by atoms with Crippen LogP contribution in [0.15, 0.2) is 17.6 Å². The maximum absolute atomic E-state index is 11.8. The fourth-order valence-electron chi connectivity index (χ4n) is 2.31. The molecule has 0 aliphatic rings. The van der Waals surface area contributed by atoms with E-state index in [2.05, 4.69) is 38.8 Å². The molecule has 0 bridgehead atoms. The first-order chi connectivity index (χ1) is 13.0. The number of hydrogen-bond acceptors (Lipinski definition) is 7. The summed E-state index contributed by atoms with van der Waals surface area (Å²) in [5.41, 5.74) is 1.44. The molecule has 0 saturated heterocycles. The molecule has 0 aliphatic carbocycles. The minimum Gasteiger partial charge on any atom is -0.478 e. The summed E-state index contributed by atoms with van der Waals surface area (Å²) in [6.07, 6.45) is 1.69. The van der Waals surface area contributed by atoms with E-state index < -0.39 is 14.3 Å². The van der Waals surface area contributed by atoms with Crippen LogP contribution in [-0.2, 0) is 15.8 Å². The summed E-state index contributed by atoms with van der Waals surface area (Å²) in [5, 5.41) is 12.3. The van der Waals surface area contributed by atoms with E-state index in [-0.39, 0.29) is 23.9 Å². The average molecular weight is 424 g/mol. The van der Waals surface area contributed by atoms with Gasteiger partial charge in [-0.2, -0.15) is 0 Å². The van der Waals surface area contributed by atoms with E-state index >= 15 is 0 Å². The molecule has 0 spiro atoms. The molecule has 2 aromatic rings. The van der Waals surface area contributed by atoms with Crippen molar-refractivity contribution in [3.05, 3.63) is 34.5 Å². The Balaban J connectivity index is 2.47. The number of hydrogen-bond donors (Lipinski definition) is 1. The van der Waals surface area contributed by atoms with Gasteiger partial charge < -0.3 is 14.3 Å². The molecule has 0 saturated carbocycles. The van der Waals surface area contributed by atoms with Crippen molar-refractivity contribution in [2.24, 2.45) is 0 Å². The second kappa shape index (κ2) is 8.69. The van der Waals surface area contributed by atoms with Gasteiger partial charge in [-0.25, -0.2) is 14.8 Å². The normalized spacial score (nSPS) is 12.2. The summed E-state index contributed by atoms with van der Waals surface area (Å²) in [4.78, 5) is 22.6. The molecule has 2 heterocycles. The first-order valence-corrected chi connectivity index (χ1v) is 12.8. The minimum absolute atomic E-state index is 0.0527. The largest absolute Gasteiger partial charge is 0.478 e. The summed E-state index contributed by atoms with van der Waals surface area (Å²) in [7, 11) is -0.426. The number of carboxylic acids is 1. The molecule has 0 aliphatic heterocycles. The lowest BCUT2D eigenvalue weighted by Crippen LogP contribution is -2.40. The Morgan fingerprint density at radius 2 is 2.04 bits per heavy atom. The lowest BCUT2D eigenvalue weighted by atomic mass is 10.1. The van der Waals surface area contributed by atoms with Crippen LogP contribution in [0.3, 0.4) is 0 Å². The third-order valence-corrected chi connectivity index (χ3v) is 10.4. The van der Waals surface area contributed by atoms with Gasteiger partial charge in [-0.15, -0.1) is 11.3 Å². The van der Waals surface area contributed by atoms with Gasteiger partial charge >= 0.3 is 5.97 Å². The third kappa shape index (κ3) is 4.96. The number of aromatic nitrogens is 2. The summed E-state index contributed by atoms with van der Waals surface area (Å²) < 4.78 is 11.6. The Labute approximate surface area is 171 Å². The van der Waals surface area contributed by atoms with Crippen LogP contribution in [0.4, 0.5) is 10.9 Å². The zero-order valence-corrected chi connectivity index (χ0v) is 19.4. The molecule has 0 atom stereocenters. The van der Waals surface area contributed by atoms with Crippen LogP contribution in [0.5, 0.6) is 0 Å². The second-order valence-corrected chi connectivity index (χ2v) is 13.8. The highest BCUT2D eigenvalue weighted by atomic mass is 32.1. The Morgan fingerprint density at radius 1 is 1.36 bits per heavy atom. The SMILES string of the molecule is COCN(c1cc(C(=O)O)c(C)c(CO[Si](C)(C)C(C)(C)C)n1)c1nccs1. The number of carboxylic acid groups (broad SMARTS) is 1. The lowest BCUT2D eigenvalue weighted by molar-refractivity contribution is 0.0695. The Morgan fingerprint density at radius 3 is 2.54 bits per heavy atom. The first kappa shape index (κ1) is 22.5. The zero-order chi connectivity index (χ0) is 21.1. The van der Waals surface area contributed by atoms with E-state index in [1.165, 1.54) is 11.3 Å². The predicted octanol–water partition coefficient (Wildman–Crippen LogP) is 4.81. The summed E-state index contributed by atoms with van der Waals surface area (Å²) >= 11 is 1.43. The van der Waals surface area contributed by atoms with Gasteiger partial charge in [-0.1, -0.05) is 20.8 Å². The minimum atomic E-state index is -2.00. The summed E-state index contributed by atoms with van der Waals surface area (Å²) in [6, 6.07) is 1.56. The maximum Gasteiger partial charge on any atom is 0.336 e. The molecule has 0 fully saturated rings. The van der Waals surface area contributed by atoms with Crippen LogP contribution in [-0.4, -0.2) is 43.2 Å². The molecular weight excluding hydrogens is 394 g/mol. The number of methoxy groups -OCH3 is 1. The van der Waals surface area contributed by atoms with Gasteiger partial charge in [0.15, 0.2) is 13.4 Å². The van der Waals surface area contributed by atoms with Crippen molar-refractivity contribution >= 4 is 36.6 Å². The van der Waals surface area contributed by atoms with E-state index in [0.29, 0.717) is 22.2 Å². The van der Waals surface area contributed by atoms with Crippen molar-refractivity contribution in [2.75, 3.05) is 18.7 Å². The van der Waals surface area contributed by atoms with Gasteiger partial charge in [-0.05, 0) is 36.7 Å². The molecule has 0 unspecified atom stereocenters. The lowest BCUT2D eigenvalue weighted by Gasteiger charge is -2.36. The fraction of sp³-hybridized carbons (Fsp3) is 0.526. The second-order valence-electron chi connectivity index (χ2n) is 8.11. The van der Waals surface area contributed by atoms with Crippen molar-refractivity contribution in [1.82, 2.24) is 9.97 Å². The van der Waals surface area contributed by atoms with Crippen molar-refractivity contribution in [1.29, 1.82) is 0 Å². The molecule has 2 rings (SSSR count). The van der Waals surface area contributed by atoms with Crippen LogP contribution >= 0.6 is 11.3 Å². The van der Waals surface area contributed by atoms with E-state index in [4.69, 9.17) is 14.1 Å². The van der Waals surface area contributed by atoms with Gasteiger partial charge in [0, 0.05) is 18.7 Å². The molecule has 7 nitrogen and oxygen atoms in total. The zero-order valence-electron chi connectivity index (χ0n) is 17.6. The van der Waals surface area contributed by atoms with Crippen LogP contribution in [0.2, 0.25) is 18.1 Å².